The average molecular weight is 1000 g/mol. The maximum Gasteiger partial charge on any atom is 0.303 e. The van der Waals surface area contributed by atoms with E-state index in [2.05, 4.69) is 29.7 Å². The van der Waals surface area contributed by atoms with E-state index in [9.17, 15) is 22.9 Å². The zero-order valence-electron chi connectivity index (χ0n) is 39.0. The molecule has 0 spiro atoms. The molecule has 0 unspecified atom stereocenters. The van der Waals surface area contributed by atoms with Crippen molar-refractivity contribution >= 4 is 66.3 Å². The van der Waals surface area contributed by atoms with E-state index in [0.29, 0.717) is 88.0 Å². The number of aromatic nitrogens is 3. The Balaban J connectivity index is 1.54. The van der Waals surface area contributed by atoms with Crippen molar-refractivity contribution in [2.24, 2.45) is 0 Å². The van der Waals surface area contributed by atoms with Gasteiger partial charge in [0.1, 0.15) is 39.4 Å². The highest BCUT2D eigenvalue weighted by atomic mass is 35.5. The number of benzene rings is 3. The summed E-state index contributed by atoms with van der Waals surface area (Å²) in [6, 6.07) is 14.9. The Bertz CT molecular complexity index is 2750. The van der Waals surface area contributed by atoms with Crippen molar-refractivity contribution in [3.63, 3.8) is 0 Å². The number of hydrogen-bond donors (Lipinski definition) is 2. The lowest BCUT2D eigenvalue weighted by molar-refractivity contribution is -0.137. The lowest BCUT2D eigenvalue weighted by Crippen LogP contribution is -2.37. The first kappa shape index (κ1) is 52.4. The van der Waals surface area contributed by atoms with Gasteiger partial charge in [0.2, 0.25) is 22.5 Å². The summed E-state index contributed by atoms with van der Waals surface area (Å²) in [5, 5.41) is 13.5. The summed E-state index contributed by atoms with van der Waals surface area (Å²) in [4.78, 5) is 26.6. The lowest BCUT2D eigenvalue weighted by Gasteiger charge is -2.28. The summed E-state index contributed by atoms with van der Waals surface area (Å²) in [5.74, 6) is -1.09. The Kier molecular flexibility index (Phi) is 18.9. The van der Waals surface area contributed by atoms with Crippen LogP contribution in [0.1, 0.15) is 53.4 Å². The fraction of sp³-hybridized carbons (Fsp3) is 0.500. The molecule has 0 saturated carbocycles. The van der Waals surface area contributed by atoms with E-state index in [-0.39, 0.29) is 80.9 Å². The van der Waals surface area contributed by atoms with E-state index < -0.39 is 41.9 Å². The molecule has 22 heteroatoms. The van der Waals surface area contributed by atoms with Gasteiger partial charge < -0.3 is 43.4 Å². The van der Waals surface area contributed by atoms with Crippen LogP contribution in [0.15, 0.2) is 68.8 Å². The van der Waals surface area contributed by atoms with Gasteiger partial charge in [0.15, 0.2) is 0 Å². The number of carboxylic acid groups (broad SMARTS) is 1. The molecular weight excluding hydrogens is 940 g/mol. The van der Waals surface area contributed by atoms with Crippen LogP contribution in [-0.4, -0.2) is 146 Å². The Hall–Kier alpha value is -5.00. The number of unbranched alkanes of at least 4 members (excludes halogenated alkanes) is 2. The molecular formula is C46H61ClN8O11S2. The lowest BCUT2D eigenvalue weighted by atomic mass is 9.93. The standard InChI is InChI=1S/C46H61ClN8O11S2/c1-5-52(6-2)33-16-18-35-38(31-33)66-39-32-34(53(7-3)8-4)17-19-36(39)42(35)37-13-12-14-40(43(37)68(60,61)62)67(58,59)55(22-11-9-10-15-41(56)57)46-50-44(47)49-45(51-46)54-23-27-63-25-20-48-21-26-64-29-30-65-28-24-54/h12-14,16-19,31-32,48H,5-11,15,20-30H2,1-4H3,(H-,56,57,60,61,62). The third-order valence-electron chi connectivity index (χ3n) is 11.6. The molecule has 0 amide bonds. The Morgan fingerprint density at radius 2 is 1.53 bits per heavy atom. The Morgan fingerprint density at radius 3 is 2.19 bits per heavy atom. The summed E-state index contributed by atoms with van der Waals surface area (Å²) in [6.07, 6.45) is 0.438. The maximum atomic E-state index is 15.4. The summed E-state index contributed by atoms with van der Waals surface area (Å²) in [7, 11) is -10.7. The number of anilines is 3. The number of sulfonamides is 1. The summed E-state index contributed by atoms with van der Waals surface area (Å²) < 4.78 is 99.0. The van der Waals surface area contributed by atoms with Crippen molar-refractivity contribution in [1.29, 1.82) is 0 Å². The van der Waals surface area contributed by atoms with Crippen LogP contribution < -0.4 is 29.4 Å². The normalized spacial score (nSPS) is 14.9. The molecule has 1 fully saturated rings. The average Bonchev–Trinajstić information content (AvgIpc) is 3.32. The van der Waals surface area contributed by atoms with Crippen LogP contribution in [0.4, 0.5) is 17.6 Å². The largest absolute Gasteiger partial charge is 0.744 e. The van der Waals surface area contributed by atoms with Crippen LogP contribution in [0, 0.1) is 0 Å². The summed E-state index contributed by atoms with van der Waals surface area (Å²) in [5.41, 5.74) is 1.79. The fourth-order valence-electron chi connectivity index (χ4n) is 8.14. The van der Waals surface area contributed by atoms with Crippen LogP contribution >= 0.6 is 11.6 Å². The van der Waals surface area contributed by atoms with Crippen molar-refractivity contribution in [2.75, 3.05) is 113 Å². The number of hydrogen-bond acceptors (Lipinski definition) is 16. The molecule has 0 atom stereocenters. The Labute approximate surface area is 402 Å². The van der Waals surface area contributed by atoms with Gasteiger partial charge in [-0.2, -0.15) is 15.0 Å². The van der Waals surface area contributed by atoms with E-state index in [1.807, 2.05) is 52.0 Å². The smallest absolute Gasteiger partial charge is 0.303 e. The molecule has 6 rings (SSSR count). The third-order valence-corrected chi connectivity index (χ3v) is 14.6. The predicted octanol–water partition coefficient (Wildman–Crippen LogP) is 4.91. The number of ether oxygens (including phenoxy) is 3. The molecule has 19 nitrogen and oxygen atoms in total. The van der Waals surface area contributed by atoms with Crippen molar-refractivity contribution in [3.8, 4) is 22.5 Å². The molecule has 0 radical (unpaired) electrons. The Morgan fingerprint density at radius 1 is 0.838 bits per heavy atom. The van der Waals surface area contributed by atoms with Gasteiger partial charge in [-0.25, -0.2) is 25.7 Å². The number of aliphatic carboxylic acids is 1. The van der Waals surface area contributed by atoms with Crippen molar-refractivity contribution in [3.05, 3.63) is 65.2 Å². The monoisotopic (exact) mass is 1000 g/mol. The van der Waals surface area contributed by atoms with Crippen molar-refractivity contribution in [1.82, 2.24) is 24.8 Å². The minimum atomic E-state index is -5.60. The molecule has 68 heavy (non-hydrogen) atoms. The second kappa shape index (κ2) is 24.5. The van der Waals surface area contributed by atoms with Gasteiger partial charge in [0, 0.05) is 92.1 Å². The third kappa shape index (κ3) is 13.0. The highest BCUT2D eigenvalue weighted by Gasteiger charge is 2.35. The van der Waals surface area contributed by atoms with Gasteiger partial charge in [-0.15, -0.1) is 0 Å². The first-order valence-electron chi connectivity index (χ1n) is 23.0. The molecule has 3 aliphatic rings. The van der Waals surface area contributed by atoms with Gasteiger partial charge in [-0.3, -0.25) is 4.79 Å². The van der Waals surface area contributed by atoms with Crippen LogP contribution in [0.3, 0.4) is 0 Å². The van der Waals surface area contributed by atoms with Gasteiger partial charge >= 0.3 is 5.97 Å². The molecule has 1 saturated heterocycles. The number of carboxylic acids is 1. The number of fused-ring (bicyclic) bond motifs is 2. The topological polar surface area (TPSA) is 233 Å². The van der Waals surface area contributed by atoms with Crippen LogP contribution in [-0.2, 0) is 39.1 Å². The first-order chi connectivity index (χ1) is 32.7. The van der Waals surface area contributed by atoms with E-state index in [4.69, 9.17) is 30.2 Å². The van der Waals surface area contributed by atoms with Gasteiger partial charge in [0.25, 0.3) is 10.0 Å². The van der Waals surface area contributed by atoms with E-state index >= 15 is 8.42 Å². The number of nitrogens with one attached hydrogen (secondary N) is 1. The fourth-order valence-corrected chi connectivity index (χ4v) is 11.2. The minimum absolute atomic E-state index is 0.0125. The number of carbonyl (C=O) groups is 1. The van der Waals surface area contributed by atoms with Crippen LogP contribution in [0.2, 0.25) is 5.28 Å². The van der Waals surface area contributed by atoms with Crippen molar-refractivity contribution in [2.45, 2.75) is 63.2 Å². The molecule has 2 N–H and O–H groups in total. The molecule has 370 valence electrons. The molecule has 3 heterocycles. The molecule has 3 aromatic rings. The zero-order chi connectivity index (χ0) is 48.8. The van der Waals surface area contributed by atoms with Gasteiger partial charge in [-0.1, -0.05) is 18.6 Å². The van der Waals surface area contributed by atoms with Gasteiger partial charge in [0.05, 0.1) is 50.6 Å². The summed E-state index contributed by atoms with van der Waals surface area (Å²) in [6.45, 7) is 14.4. The quantitative estimate of drug-likeness (QED) is 0.0546. The number of nitrogens with zero attached hydrogens (tertiary/aromatic N) is 7. The number of rotatable bonds is 17. The molecule has 1 aromatic heterocycles. The SMILES string of the molecule is CCN(CC)c1ccc2c(-c3cccc(S(=O)(=O)N(CCCCCC(=O)O)c4nc(Cl)nc(N5CCOCCNCCOCCOCC5)n4)c3S(=O)(=O)[O-])c3ccc(=[N+](CC)CC)cc-3oc2c1. The van der Waals surface area contributed by atoms with Crippen molar-refractivity contribution < 1.29 is 49.9 Å². The molecule has 1 aliphatic carbocycles. The first-order valence-corrected chi connectivity index (χ1v) is 26.2. The van der Waals surface area contributed by atoms with Gasteiger partial charge in [-0.05, 0) is 76.4 Å². The molecule has 0 bridgehead atoms. The zero-order valence-corrected chi connectivity index (χ0v) is 41.4. The second-order valence-corrected chi connectivity index (χ2v) is 19.3. The minimum Gasteiger partial charge on any atom is -0.744 e. The van der Waals surface area contributed by atoms with E-state index in [0.717, 1.165) is 21.4 Å². The number of halogens is 1. The van der Waals surface area contributed by atoms with Crippen LogP contribution in [0.5, 0.6) is 0 Å². The summed E-state index contributed by atoms with van der Waals surface area (Å²) >= 11 is 6.56. The second-order valence-electron chi connectivity index (χ2n) is 15.8. The maximum absolute atomic E-state index is 15.4. The highest BCUT2D eigenvalue weighted by molar-refractivity contribution is 7.94. The highest BCUT2D eigenvalue weighted by Crippen LogP contribution is 2.45. The molecule has 2 aliphatic heterocycles. The van der Waals surface area contributed by atoms with E-state index in [1.54, 1.807) is 17.0 Å². The molecule has 2 aromatic carbocycles. The predicted molar refractivity (Wildman–Crippen MR) is 259 cm³/mol. The van der Waals surface area contributed by atoms with Crippen LogP contribution in [0.25, 0.3) is 33.4 Å². The van der Waals surface area contributed by atoms with E-state index in [1.165, 1.54) is 12.1 Å².